The van der Waals surface area contributed by atoms with Crippen molar-refractivity contribution >= 4 is 60.8 Å². The van der Waals surface area contributed by atoms with Crippen LogP contribution in [0.15, 0.2) is 223 Å². The molecule has 9 aromatic carbocycles. The second-order valence-electron chi connectivity index (χ2n) is 15.2. The van der Waals surface area contributed by atoms with Crippen molar-refractivity contribution in [3.63, 3.8) is 0 Å². The highest BCUT2D eigenvalue weighted by atomic mass is 16.3. The zero-order valence-electron chi connectivity index (χ0n) is 31.6. The third-order valence-electron chi connectivity index (χ3n) is 12.3. The molecular weight excluding hydrogens is 705 g/mol. The Balaban J connectivity index is 1.13. The van der Waals surface area contributed by atoms with Gasteiger partial charge in [-0.05, 0) is 88.0 Å². The summed E-state index contributed by atoms with van der Waals surface area (Å²) in [4.78, 5) is 2.38. The fraction of sp³-hybridized carbons (Fsp3) is 0.0182. The molecule has 1 aliphatic carbocycles. The lowest BCUT2D eigenvalue weighted by atomic mass is 9.68. The summed E-state index contributed by atoms with van der Waals surface area (Å²) in [6, 6.07) is 79.2. The molecule has 0 bridgehead atoms. The van der Waals surface area contributed by atoms with Gasteiger partial charge in [0.2, 0.25) is 0 Å². The van der Waals surface area contributed by atoms with E-state index in [0.717, 1.165) is 44.7 Å². The number of aromatic nitrogens is 1. The first-order valence-corrected chi connectivity index (χ1v) is 19.9. The minimum atomic E-state index is -0.479. The van der Waals surface area contributed by atoms with Crippen LogP contribution in [0.2, 0.25) is 0 Å². The van der Waals surface area contributed by atoms with E-state index in [2.05, 4.69) is 222 Å². The summed E-state index contributed by atoms with van der Waals surface area (Å²) >= 11 is 0. The predicted molar refractivity (Wildman–Crippen MR) is 240 cm³/mol. The molecule has 0 atom stereocenters. The van der Waals surface area contributed by atoms with E-state index in [0.29, 0.717) is 0 Å². The van der Waals surface area contributed by atoms with E-state index in [9.17, 15) is 0 Å². The van der Waals surface area contributed by atoms with E-state index in [1.807, 2.05) is 6.07 Å². The molecule has 58 heavy (non-hydrogen) atoms. The minimum absolute atomic E-state index is 0.479. The monoisotopic (exact) mass is 740 g/mol. The van der Waals surface area contributed by atoms with Crippen LogP contribution in [0.4, 0.5) is 17.1 Å². The molecule has 11 aromatic rings. The number of para-hydroxylation sites is 4. The molecule has 0 amide bonds. The van der Waals surface area contributed by atoms with Gasteiger partial charge in [0.25, 0.3) is 0 Å². The van der Waals surface area contributed by atoms with E-state index in [-0.39, 0.29) is 0 Å². The van der Waals surface area contributed by atoms with Gasteiger partial charge in [0.15, 0.2) is 5.58 Å². The van der Waals surface area contributed by atoms with Gasteiger partial charge in [0, 0.05) is 38.6 Å². The van der Waals surface area contributed by atoms with Gasteiger partial charge in [0.05, 0.1) is 22.1 Å². The zero-order valence-corrected chi connectivity index (χ0v) is 31.6. The Morgan fingerprint density at radius 1 is 0.397 bits per heavy atom. The molecular formula is C55H36N2O. The van der Waals surface area contributed by atoms with Crippen molar-refractivity contribution in [2.24, 2.45) is 0 Å². The number of hydrogen-bond acceptors (Lipinski definition) is 2. The predicted octanol–water partition coefficient (Wildman–Crippen LogP) is 14.5. The number of anilines is 3. The van der Waals surface area contributed by atoms with E-state index in [1.54, 1.807) is 0 Å². The lowest BCUT2D eigenvalue weighted by Crippen LogP contribution is -2.28. The highest BCUT2D eigenvalue weighted by Gasteiger charge is 2.46. The Morgan fingerprint density at radius 2 is 0.966 bits per heavy atom. The minimum Gasteiger partial charge on any atom is -0.454 e. The Kier molecular flexibility index (Phi) is 7.14. The molecule has 0 N–H and O–H groups in total. The fourth-order valence-corrected chi connectivity index (χ4v) is 9.88. The summed E-state index contributed by atoms with van der Waals surface area (Å²) in [6.45, 7) is 0. The van der Waals surface area contributed by atoms with E-state index < -0.39 is 5.41 Å². The summed E-state index contributed by atoms with van der Waals surface area (Å²) in [5.41, 5.74) is 15.3. The van der Waals surface area contributed by atoms with Crippen LogP contribution in [-0.2, 0) is 5.41 Å². The van der Waals surface area contributed by atoms with Crippen molar-refractivity contribution in [1.29, 1.82) is 0 Å². The normalized spacial score (nSPS) is 13.0. The lowest BCUT2D eigenvalue weighted by molar-refractivity contribution is 0.669. The molecule has 0 unspecified atom stereocenters. The van der Waals surface area contributed by atoms with Crippen LogP contribution in [0.25, 0.3) is 60.6 Å². The molecule has 2 aromatic heterocycles. The van der Waals surface area contributed by atoms with Gasteiger partial charge in [-0.15, -0.1) is 0 Å². The van der Waals surface area contributed by atoms with E-state index in [1.165, 1.54) is 55.2 Å². The van der Waals surface area contributed by atoms with Crippen molar-refractivity contribution in [3.05, 3.63) is 241 Å². The maximum absolute atomic E-state index is 6.78. The standard InChI is InChI=1S/C55H36N2O/c1-3-17-37(18-4-1)55(38-19-5-2-6-20-38)48-28-11-7-23-42(48)47-36-41(33-34-49(47)55)56(52-31-16-27-46-45-26-10-14-32-53(45)58-54(46)52)39-21-15-22-40(35-39)57-50-29-12-8-24-43(50)44-25-9-13-30-51(44)57/h1-36H. The van der Waals surface area contributed by atoms with Crippen LogP contribution in [-0.4, -0.2) is 4.57 Å². The second kappa shape index (κ2) is 12.7. The van der Waals surface area contributed by atoms with Crippen LogP contribution in [0.5, 0.6) is 0 Å². The summed E-state index contributed by atoms with van der Waals surface area (Å²) in [5.74, 6) is 0. The maximum Gasteiger partial charge on any atom is 0.159 e. The summed E-state index contributed by atoms with van der Waals surface area (Å²) in [7, 11) is 0. The molecule has 0 saturated heterocycles. The molecule has 12 rings (SSSR count). The first-order valence-electron chi connectivity index (χ1n) is 19.9. The summed E-state index contributed by atoms with van der Waals surface area (Å²) in [6.07, 6.45) is 0. The van der Waals surface area contributed by atoms with Crippen molar-refractivity contribution in [2.75, 3.05) is 4.90 Å². The number of nitrogens with zero attached hydrogens (tertiary/aromatic N) is 2. The Labute approximate surface area is 336 Å². The quantitative estimate of drug-likeness (QED) is 0.169. The van der Waals surface area contributed by atoms with Crippen molar-refractivity contribution in [1.82, 2.24) is 4.57 Å². The third kappa shape index (κ3) is 4.62. The number of hydrogen-bond donors (Lipinski definition) is 0. The second-order valence-corrected chi connectivity index (χ2v) is 15.2. The first-order chi connectivity index (χ1) is 28.8. The Morgan fingerprint density at radius 3 is 1.71 bits per heavy atom. The lowest BCUT2D eigenvalue weighted by Gasteiger charge is -2.34. The molecule has 3 nitrogen and oxygen atoms in total. The average Bonchev–Trinajstić information content (AvgIpc) is 3.94. The van der Waals surface area contributed by atoms with Crippen LogP contribution >= 0.6 is 0 Å². The molecule has 0 saturated carbocycles. The van der Waals surface area contributed by atoms with Crippen molar-refractivity contribution in [3.8, 4) is 16.8 Å². The molecule has 3 heteroatoms. The Bertz CT molecular complexity index is 3260. The maximum atomic E-state index is 6.78. The molecule has 272 valence electrons. The van der Waals surface area contributed by atoms with Crippen LogP contribution in [0.1, 0.15) is 22.3 Å². The van der Waals surface area contributed by atoms with Gasteiger partial charge in [-0.25, -0.2) is 0 Å². The van der Waals surface area contributed by atoms with Crippen molar-refractivity contribution < 1.29 is 4.42 Å². The van der Waals surface area contributed by atoms with Gasteiger partial charge in [-0.1, -0.05) is 164 Å². The number of benzene rings is 9. The van der Waals surface area contributed by atoms with Gasteiger partial charge < -0.3 is 13.9 Å². The molecule has 0 aliphatic heterocycles. The van der Waals surface area contributed by atoms with Crippen molar-refractivity contribution in [2.45, 2.75) is 5.41 Å². The smallest absolute Gasteiger partial charge is 0.159 e. The van der Waals surface area contributed by atoms with Crippen LogP contribution < -0.4 is 4.90 Å². The molecule has 1 aliphatic rings. The topological polar surface area (TPSA) is 21.3 Å². The molecule has 0 fully saturated rings. The summed E-state index contributed by atoms with van der Waals surface area (Å²) < 4.78 is 9.17. The number of furan rings is 1. The number of fused-ring (bicyclic) bond motifs is 9. The van der Waals surface area contributed by atoms with E-state index in [4.69, 9.17) is 4.42 Å². The fourth-order valence-electron chi connectivity index (χ4n) is 9.88. The molecule has 0 spiro atoms. The van der Waals surface area contributed by atoms with Crippen LogP contribution in [0, 0.1) is 0 Å². The average molecular weight is 741 g/mol. The highest BCUT2D eigenvalue weighted by molar-refractivity contribution is 6.11. The first kappa shape index (κ1) is 32.6. The van der Waals surface area contributed by atoms with Gasteiger partial charge in [0.1, 0.15) is 5.58 Å². The van der Waals surface area contributed by atoms with Gasteiger partial charge >= 0.3 is 0 Å². The molecule has 0 radical (unpaired) electrons. The Hall–Kier alpha value is -7.62. The number of rotatable bonds is 6. The van der Waals surface area contributed by atoms with Crippen LogP contribution in [0.3, 0.4) is 0 Å². The third-order valence-corrected chi connectivity index (χ3v) is 12.3. The molecule has 2 heterocycles. The van der Waals surface area contributed by atoms with Gasteiger partial charge in [-0.3, -0.25) is 0 Å². The van der Waals surface area contributed by atoms with E-state index >= 15 is 0 Å². The zero-order chi connectivity index (χ0) is 38.2. The largest absolute Gasteiger partial charge is 0.454 e. The summed E-state index contributed by atoms with van der Waals surface area (Å²) in [5, 5.41) is 4.68. The SMILES string of the molecule is c1ccc(C2(c3ccccc3)c3ccccc3-c3cc(N(c4cccc(-n5c6ccccc6c6ccccc65)c4)c4cccc5c4oc4ccccc45)ccc32)cc1. The highest BCUT2D eigenvalue weighted by Crippen LogP contribution is 2.57. The van der Waals surface area contributed by atoms with Gasteiger partial charge in [-0.2, -0.15) is 0 Å².